The third-order valence-corrected chi connectivity index (χ3v) is 3.88. The molecule has 1 atom stereocenters. The lowest BCUT2D eigenvalue weighted by Crippen LogP contribution is -2.33. The molecular weight excluding hydrogens is 290 g/mol. The number of anilines is 1. The van der Waals surface area contributed by atoms with Gasteiger partial charge < -0.3 is 15.2 Å². The molecule has 0 bridgehead atoms. The van der Waals surface area contributed by atoms with E-state index < -0.39 is 30.1 Å². The molecule has 1 aromatic carbocycles. The van der Waals surface area contributed by atoms with Gasteiger partial charge in [-0.3, -0.25) is 4.79 Å². The molecule has 4 nitrogen and oxygen atoms in total. The molecule has 1 aliphatic rings. The summed E-state index contributed by atoms with van der Waals surface area (Å²) in [6.45, 7) is 5.29. The number of nitrogen functional groups attached to an aromatic ring is 1. The molecule has 2 rings (SSSR count). The molecule has 1 saturated carbocycles. The Morgan fingerprint density at radius 3 is 2.62 bits per heavy atom. The summed E-state index contributed by atoms with van der Waals surface area (Å²) in [7, 11) is -2.66. The van der Waals surface area contributed by atoms with Crippen molar-refractivity contribution in [2.24, 2.45) is 5.41 Å². The largest absolute Gasteiger partial charge is 0.459 e. The molecule has 0 heterocycles. The van der Waals surface area contributed by atoms with Crippen molar-refractivity contribution >= 4 is 23.3 Å². The Hall–Kier alpha value is -1.26. The lowest BCUT2D eigenvalue weighted by Gasteiger charge is -2.29. The monoisotopic (exact) mass is 314 g/mol. The fourth-order valence-electron chi connectivity index (χ4n) is 2.31. The average molecular weight is 315 g/mol. The van der Waals surface area contributed by atoms with Gasteiger partial charge in [0.25, 0.3) is 0 Å². The number of methoxy groups -OCH3 is 1. The Labute approximate surface area is 134 Å². The van der Waals surface area contributed by atoms with E-state index in [0.29, 0.717) is 29.1 Å². The predicted octanol–water partition coefficient (Wildman–Crippen LogP) is 3.73. The maximum absolute atomic E-state index is 12.7. The van der Waals surface area contributed by atoms with Crippen LogP contribution in [0.1, 0.15) is 49.4 Å². The van der Waals surface area contributed by atoms with E-state index in [9.17, 15) is 4.79 Å². The molecule has 116 valence electrons. The fraction of sp³-hybridized carbons (Fsp3) is 0.562. The standard InChI is InChI=1S/C16H22ClNO3/c1-15(2,3)21-14(19)16(7-8-16)13(20-4)10-5-6-11(17)12(18)9-10/h5-6,9,13H,7-8,18H2,1-4H3/i4D3. The number of benzene rings is 1. The van der Waals surface area contributed by atoms with Crippen LogP contribution in [0, 0.1) is 5.41 Å². The first-order valence-corrected chi connectivity index (χ1v) is 7.18. The van der Waals surface area contributed by atoms with Crippen LogP contribution in [0.25, 0.3) is 0 Å². The first kappa shape index (κ1) is 12.3. The highest BCUT2D eigenvalue weighted by Crippen LogP contribution is 2.57. The molecule has 1 aromatic rings. The molecule has 2 N–H and O–H groups in total. The van der Waals surface area contributed by atoms with E-state index in [1.165, 1.54) is 0 Å². The zero-order valence-electron chi connectivity index (χ0n) is 15.4. The number of carbonyl (C=O) groups is 1. The van der Waals surface area contributed by atoms with Crippen molar-refractivity contribution < 1.29 is 18.4 Å². The summed E-state index contributed by atoms with van der Waals surface area (Å²) in [6.07, 6.45) is 0.00976. The second-order valence-corrected chi connectivity index (χ2v) is 6.84. The molecule has 21 heavy (non-hydrogen) atoms. The molecule has 0 aromatic heterocycles. The van der Waals surface area contributed by atoms with Crippen LogP contribution in [0.15, 0.2) is 18.2 Å². The van der Waals surface area contributed by atoms with Crippen molar-refractivity contribution in [3.8, 4) is 0 Å². The van der Waals surface area contributed by atoms with Gasteiger partial charge in [0.15, 0.2) is 0 Å². The average Bonchev–Trinajstić information content (AvgIpc) is 3.18. The van der Waals surface area contributed by atoms with Crippen LogP contribution >= 0.6 is 11.6 Å². The van der Waals surface area contributed by atoms with Gasteiger partial charge in [0, 0.05) is 7.04 Å². The number of esters is 1. The molecule has 0 amide bonds. The Morgan fingerprint density at radius 1 is 1.48 bits per heavy atom. The Kier molecular flexibility index (Phi) is 3.22. The van der Waals surface area contributed by atoms with Crippen molar-refractivity contribution in [1.29, 1.82) is 0 Å². The van der Waals surface area contributed by atoms with Crippen LogP contribution in [-0.4, -0.2) is 18.6 Å². The van der Waals surface area contributed by atoms with Crippen LogP contribution < -0.4 is 5.73 Å². The van der Waals surface area contributed by atoms with Crippen LogP contribution in [0.4, 0.5) is 5.69 Å². The third kappa shape index (κ3) is 3.33. The summed E-state index contributed by atoms with van der Waals surface area (Å²) in [6, 6.07) is 4.73. The van der Waals surface area contributed by atoms with Crippen LogP contribution in [-0.2, 0) is 14.3 Å². The maximum Gasteiger partial charge on any atom is 0.315 e. The van der Waals surface area contributed by atoms with Gasteiger partial charge in [-0.2, -0.15) is 0 Å². The van der Waals surface area contributed by atoms with Crippen LogP contribution in [0.3, 0.4) is 0 Å². The number of nitrogens with two attached hydrogens (primary N) is 1. The highest BCUT2D eigenvalue weighted by molar-refractivity contribution is 6.33. The number of hydrogen-bond acceptors (Lipinski definition) is 4. The van der Waals surface area contributed by atoms with E-state index in [1.807, 2.05) is 0 Å². The first-order chi connectivity index (χ1) is 10.8. The summed E-state index contributed by atoms with van der Waals surface area (Å²) in [5.74, 6) is -0.460. The SMILES string of the molecule is [2H]C([2H])([2H])OC(c1ccc(Cl)c(N)c1)C1(C(=O)OC(C)(C)C)CC1. The van der Waals surface area contributed by atoms with E-state index in [4.69, 9.17) is 30.9 Å². The summed E-state index contributed by atoms with van der Waals surface area (Å²) >= 11 is 5.93. The van der Waals surface area contributed by atoms with Gasteiger partial charge in [-0.15, -0.1) is 0 Å². The minimum Gasteiger partial charge on any atom is -0.459 e. The molecule has 5 heteroatoms. The number of rotatable bonds is 4. The first-order valence-electron chi connectivity index (χ1n) is 8.30. The smallest absolute Gasteiger partial charge is 0.315 e. The Morgan fingerprint density at radius 2 is 2.14 bits per heavy atom. The van der Waals surface area contributed by atoms with E-state index in [-0.39, 0.29) is 0 Å². The van der Waals surface area contributed by atoms with Crippen molar-refractivity contribution in [2.75, 3.05) is 12.8 Å². The molecule has 1 fully saturated rings. The zero-order chi connectivity index (χ0) is 18.3. The highest BCUT2D eigenvalue weighted by atomic mass is 35.5. The number of halogens is 1. The van der Waals surface area contributed by atoms with Gasteiger partial charge in [-0.25, -0.2) is 0 Å². The molecule has 0 saturated heterocycles. The minimum absolute atomic E-state index is 0.299. The zero-order valence-corrected chi connectivity index (χ0v) is 13.2. The van der Waals surface area contributed by atoms with Crippen LogP contribution in [0.5, 0.6) is 0 Å². The Balaban J connectivity index is 2.39. The third-order valence-electron chi connectivity index (χ3n) is 3.54. The minimum atomic E-state index is -2.66. The maximum atomic E-state index is 12.7. The van der Waals surface area contributed by atoms with Gasteiger partial charge >= 0.3 is 5.97 Å². The second kappa shape index (κ2) is 5.50. The van der Waals surface area contributed by atoms with E-state index in [2.05, 4.69) is 0 Å². The van der Waals surface area contributed by atoms with Crippen molar-refractivity contribution in [3.05, 3.63) is 28.8 Å². The van der Waals surface area contributed by atoms with Crippen molar-refractivity contribution in [3.63, 3.8) is 0 Å². The van der Waals surface area contributed by atoms with Gasteiger partial charge in [0.1, 0.15) is 5.60 Å². The number of ether oxygens (including phenoxy) is 2. The molecule has 0 aliphatic heterocycles. The number of carbonyl (C=O) groups excluding carboxylic acids is 1. The normalized spacial score (nSPS) is 20.9. The highest BCUT2D eigenvalue weighted by Gasteiger charge is 2.58. The summed E-state index contributed by atoms with van der Waals surface area (Å²) in [4.78, 5) is 12.7. The molecule has 0 spiro atoms. The summed E-state index contributed by atoms with van der Waals surface area (Å²) < 4.78 is 33.1. The van der Waals surface area contributed by atoms with Gasteiger partial charge in [-0.1, -0.05) is 17.7 Å². The van der Waals surface area contributed by atoms with E-state index >= 15 is 0 Å². The van der Waals surface area contributed by atoms with Gasteiger partial charge in [-0.05, 0) is 51.3 Å². The van der Waals surface area contributed by atoms with Crippen molar-refractivity contribution in [2.45, 2.75) is 45.3 Å². The molecule has 1 unspecified atom stereocenters. The van der Waals surface area contributed by atoms with E-state index in [1.54, 1.807) is 39.0 Å². The topological polar surface area (TPSA) is 61.5 Å². The van der Waals surface area contributed by atoms with Gasteiger partial charge in [0.2, 0.25) is 0 Å². The van der Waals surface area contributed by atoms with Crippen LogP contribution in [0.2, 0.25) is 5.02 Å². The molecular formula is C16H22ClNO3. The van der Waals surface area contributed by atoms with Gasteiger partial charge in [0.05, 0.1) is 26.3 Å². The quantitative estimate of drug-likeness (QED) is 0.679. The lowest BCUT2D eigenvalue weighted by molar-refractivity contribution is -0.168. The Bertz CT molecular complexity index is 636. The van der Waals surface area contributed by atoms with Crippen molar-refractivity contribution in [1.82, 2.24) is 0 Å². The predicted molar refractivity (Wildman–Crippen MR) is 83.1 cm³/mol. The molecule has 1 aliphatic carbocycles. The summed E-state index contributed by atoms with van der Waals surface area (Å²) in [5.41, 5.74) is 4.93. The fourth-order valence-corrected chi connectivity index (χ4v) is 2.43. The summed E-state index contributed by atoms with van der Waals surface area (Å²) in [5, 5.41) is 0.355. The van der Waals surface area contributed by atoms with E-state index in [0.717, 1.165) is 0 Å². The second-order valence-electron chi connectivity index (χ2n) is 6.44. The number of hydrogen-bond donors (Lipinski definition) is 1. The lowest BCUT2D eigenvalue weighted by atomic mass is 9.92. The molecule has 0 radical (unpaired) electrons.